The van der Waals surface area contributed by atoms with Gasteiger partial charge < -0.3 is 20.1 Å². The second-order valence-corrected chi connectivity index (χ2v) is 9.40. The number of amides is 1. The van der Waals surface area contributed by atoms with Crippen molar-refractivity contribution in [3.8, 4) is 5.75 Å². The Morgan fingerprint density at radius 2 is 1.88 bits per heavy atom. The highest BCUT2D eigenvalue weighted by Crippen LogP contribution is 2.42. The SMILES string of the molecule is C[C@@H]1CCCC[C@H]1N1C(=O)/C(=C/c2ccc(OCC(=O)O)cc2)SC1Nc1ccccc1. The van der Waals surface area contributed by atoms with Crippen molar-refractivity contribution in [3.63, 3.8) is 0 Å². The summed E-state index contributed by atoms with van der Waals surface area (Å²) in [6.45, 7) is 1.87. The largest absolute Gasteiger partial charge is 0.482 e. The predicted molar refractivity (Wildman–Crippen MR) is 127 cm³/mol. The van der Waals surface area contributed by atoms with Crippen LogP contribution in [-0.2, 0) is 9.59 Å². The van der Waals surface area contributed by atoms with Crippen LogP contribution in [0.4, 0.5) is 5.69 Å². The third-order valence-corrected chi connectivity index (χ3v) is 7.08. The van der Waals surface area contributed by atoms with Gasteiger partial charge in [-0.25, -0.2) is 4.79 Å². The summed E-state index contributed by atoms with van der Waals surface area (Å²) >= 11 is 1.55. The van der Waals surface area contributed by atoms with Gasteiger partial charge in [0.05, 0.1) is 4.91 Å². The van der Waals surface area contributed by atoms with Crippen molar-refractivity contribution in [1.29, 1.82) is 0 Å². The molecular formula is C25H28N2O4S. The highest BCUT2D eigenvalue weighted by atomic mass is 32.2. The van der Waals surface area contributed by atoms with E-state index in [0.717, 1.165) is 30.5 Å². The van der Waals surface area contributed by atoms with E-state index in [4.69, 9.17) is 9.84 Å². The molecule has 1 aliphatic carbocycles. The number of hydrogen-bond acceptors (Lipinski definition) is 5. The Bertz CT molecular complexity index is 977. The molecule has 2 aromatic rings. The summed E-state index contributed by atoms with van der Waals surface area (Å²) in [4.78, 5) is 26.9. The number of ether oxygens (including phenoxy) is 1. The second-order valence-electron chi connectivity index (χ2n) is 8.28. The minimum atomic E-state index is -1.02. The number of carboxylic acids is 1. The number of anilines is 1. The maximum atomic E-state index is 13.5. The normalized spacial score (nSPS) is 24.5. The number of carboxylic acid groups (broad SMARTS) is 1. The van der Waals surface area contributed by atoms with Crippen LogP contribution in [0.5, 0.6) is 5.75 Å². The van der Waals surface area contributed by atoms with E-state index in [-0.39, 0.29) is 24.1 Å². The van der Waals surface area contributed by atoms with Gasteiger partial charge in [-0.3, -0.25) is 4.79 Å². The molecule has 1 heterocycles. The van der Waals surface area contributed by atoms with Gasteiger partial charge >= 0.3 is 5.97 Å². The highest BCUT2D eigenvalue weighted by Gasteiger charge is 2.42. The fourth-order valence-corrected chi connectivity index (χ4v) is 5.54. The molecule has 4 rings (SSSR count). The number of carbonyl (C=O) groups is 2. The smallest absolute Gasteiger partial charge is 0.341 e. The third-order valence-electron chi connectivity index (χ3n) is 5.96. The van der Waals surface area contributed by atoms with Crippen LogP contribution in [0.3, 0.4) is 0 Å². The molecule has 1 unspecified atom stereocenters. The minimum absolute atomic E-state index is 0.0633. The van der Waals surface area contributed by atoms with Gasteiger partial charge in [0, 0.05) is 11.7 Å². The van der Waals surface area contributed by atoms with E-state index in [1.165, 1.54) is 6.42 Å². The number of benzene rings is 2. The lowest BCUT2D eigenvalue weighted by Crippen LogP contribution is -2.48. The highest BCUT2D eigenvalue weighted by molar-refractivity contribution is 8.05. The van der Waals surface area contributed by atoms with Crippen LogP contribution in [0.2, 0.25) is 0 Å². The molecule has 0 radical (unpaired) electrons. The molecule has 32 heavy (non-hydrogen) atoms. The standard InChI is InChI=1S/C25H28N2O4S/c1-17-7-5-6-10-21(17)27-24(30)22(32-25(27)26-19-8-3-2-4-9-19)15-18-11-13-20(14-12-18)31-16-23(28)29/h2-4,8-9,11-15,17,21,25-26H,5-7,10,16H2,1H3,(H,28,29)/b22-15-/t17-,21-,25?/m1/s1. The number of carbonyl (C=O) groups excluding carboxylic acids is 1. The molecule has 168 valence electrons. The molecule has 1 saturated carbocycles. The molecule has 3 atom stereocenters. The first-order valence-electron chi connectivity index (χ1n) is 11.0. The Kier molecular flexibility index (Phi) is 7.05. The van der Waals surface area contributed by atoms with Crippen molar-refractivity contribution in [1.82, 2.24) is 4.90 Å². The Balaban J connectivity index is 1.56. The Morgan fingerprint density at radius 1 is 1.16 bits per heavy atom. The van der Waals surface area contributed by atoms with Crippen LogP contribution in [0, 0.1) is 5.92 Å². The van der Waals surface area contributed by atoms with Crippen molar-refractivity contribution in [3.05, 3.63) is 65.1 Å². The number of thioether (sulfide) groups is 1. The summed E-state index contributed by atoms with van der Waals surface area (Å²) in [5.41, 5.74) is 1.72. The number of hydrogen-bond donors (Lipinski definition) is 2. The Morgan fingerprint density at radius 3 is 2.56 bits per heavy atom. The van der Waals surface area contributed by atoms with Gasteiger partial charge in [-0.05, 0) is 54.7 Å². The first kappa shape index (κ1) is 22.3. The maximum Gasteiger partial charge on any atom is 0.341 e. The summed E-state index contributed by atoms with van der Waals surface area (Å²) in [6.07, 6.45) is 6.46. The molecule has 2 aliphatic rings. The topological polar surface area (TPSA) is 78.9 Å². The lowest BCUT2D eigenvalue weighted by Gasteiger charge is -2.39. The molecule has 2 fully saturated rings. The summed E-state index contributed by atoms with van der Waals surface area (Å²) in [7, 11) is 0. The number of nitrogens with one attached hydrogen (secondary N) is 1. The molecule has 1 saturated heterocycles. The number of rotatable bonds is 7. The van der Waals surface area contributed by atoms with E-state index >= 15 is 0 Å². The van der Waals surface area contributed by atoms with Crippen LogP contribution in [0.25, 0.3) is 6.08 Å². The molecule has 0 bridgehead atoms. The van der Waals surface area contributed by atoms with Crippen LogP contribution in [-0.4, -0.2) is 40.0 Å². The van der Waals surface area contributed by atoms with Gasteiger partial charge in [-0.1, -0.05) is 61.9 Å². The van der Waals surface area contributed by atoms with Gasteiger partial charge in [0.1, 0.15) is 5.75 Å². The van der Waals surface area contributed by atoms with Gasteiger partial charge in [-0.15, -0.1) is 0 Å². The first-order valence-corrected chi connectivity index (χ1v) is 11.9. The number of aliphatic carboxylic acids is 1. The molecule has 1 amide bonds. The summed E-state index contributed by atoms with van der Waals surface area (Å²) in [5, 5.41) is 12.3. The molecule has 7 heteroatoms. The summed E-state index contributed by atoms with van der Waals surface area (Å²) < 4.78 is 5.19. The zero-order chi connectivity index (χ0) is 22.5. The average Bonchev–Trinajstić information content (AvgIpc) is 3.08. The molecule has 0 spiro atoms. The number of nitrogens with zero attached hydrogens (tertiary/aromatic N) is 1. The minimum Gasteiger partial charge on any atom is -0.482 e. The lowest BCUT2D eigenvalue weighted by molar-refractivity contribution is -0.139. The monoisotopic (exact) mass is 452 g/mol. The van der Waals surface area contributed by atoms with E-state index < -0.39 is 5.97 Å². The Labute approximate surface area is 192 Å². The molecule has 1 aliphatic heterocycles. The maximum absolute atomic E-state index is 13.5. The van der Waals surface area contributed by atoms with E-state index in [9.17, 15) is 9.59 Å². The van der Waals surface area contributed by atoms with Crippen LogP contribution in [0.15, 0.2) is 59.5 Å². The lowest BCUT2D eigenvalue weighted by atomic mass is 9.85. The predicted octanol–water partition coefficient (Wildman–Crippen LogP) is 5.04. The van der Waals surface area contributed by atoms with Crippen LogP contribution in [0.1, 0.15) is 38.2 Å². The third kappa shape index (κ3) is 5.27. The summed E-state index contributed by atoms with van der Waals surface area (Å²) in [5.74, 6) is 0.00569. The molecular weight excluding hydrogens is 424 g/mol. The van der Waals surface area contributed by atoms with E-state index in [0.29, 0.717) is 16.6 Å². The molecule has 2 aromatic carbocycles. The molecule has 2 N–H and O–H groups in total. The average molecular weight is 453 g/mol. The second kappa shape index (κ2) is 10.1. The van der Waals surface area contributed by atoms with Gasteiger partial charge in [0.25, 0.3) is 5.91 Å². The summed E-state index contributed by atoms with van der Waals surface area (Å²) in [6, 6.07) is 17.3. The first-order chi connectivity index (χ1) is 15.5. The van der Waals surface area contributed by atoms with Crippen molar-refractivity contribution in [2.75, 3.05) is 11.9 Å². The van der Waals surface area contributed by atoms with Crippen molar-refractivity contribution >= 4 is 35.4 Å². The van der Waals surface area contributed by atoms with E-state index in [2.05, 4.69) is 12.2 Å². The zero-order valence-corrected chi connectivity index (χ0v) is 18.9. The van der Waals surface area contributed by atoms with E-state index in [1.54, 1.807) is 23.9 Å². The van der Waals surface area contributed by atoms with Crippen LogP contribution < -0.4 is 10.1 Å². The molecule has 6 nitrogen and oxygen atoms in total. The van der Waals surface area contributed by atoms with Gasteiger partial charge in [-0.2, -0.15) is 0 Å². The quantitative estimate of drug-likeness (QED) is 0.573. The number of para-hydroxylation sites is 1. The van der Waals surface area contributed by atoms with Crippen molar-refractivity contribution in [2.45, 2.75) is 44.1 Å². The van der Waals surface area contributed by atoms with Crippen molar-refractivity contribution in [2.24, 2.45) is 5.92 Å². The fourth-order valence-electron chi connectivity index (χ4n) is 4.32. The molecule has 0 aromatic heterocycles. The fraction of sp³-hybridized carbons (Fsp3) is 0.360. The van der Waals surface area contributed by atoms with E-state index in [1.807, 2.05) is 53.4 Å². The zero-order valence-electron chi connectivity index (χ0n) is 18.1. The Hall–Kier alpha value is -2.93. The van der Waals surface area contributed by atoms with Crippen molar-refractivity contribution < 1.29 is 19.4 Å². The van der Waals surface area contributed by atoms with Gasteiger partial charge in [0.15, 0.2) is 12.1 Å². The van der Waals surface area contributed by atoms with Crippen LogP contribution >= 0.6 is 11.8 Å². The van der Waals surface area contributed by atoms with Gasteiger partial charge in [0.2, 0.25) is 0 Å².